The molecule has 0 saturated carbocycles. The molecule has 3 N–H and O–H groups in total. The zero-order valence-electron chi connectivity index (χ0n) is 61.4. The largest absolute Gasteiger partial charge is 0.506 e. The molecule has 12 rings (SSSR count). The van der Waals surface area contributed by atoms with Crippen LogP contribution >= 0.6 is 0 Å². The Balaban J connectivity index is 0.810. The highest BCUT2D eigenvalue weighted by molar-refractivity contribution is 6.37. The Labute approximate surface area is 641 Å². The second-order valence-electron chi connectivity index (χ2n) is 29.9. The van der Waals surface area contributed by atoms with E-state index in [0.29, 0.717) is 83.0 Å². The van der Waals surface area contributed by atoms with Gasteiger partial charge in [0.25, 0.3) is 47.3 Å². The number of fused-ring (bicyclic) bond motifs is 4. The van der Waals surface area contributed by atoms with E-state index in [1.165, 1.54) is 13.1 Å². The quantitative estimate of drug-likeness (QED) is 0.0332. The van der Waals surface area contributed by atoms with E-state index in [4.69, 9.17) is 9.47 Å². The number of halogens is 15. The minimum Gasteiger partial charge on any atom is -0.506 e. The smallest absolute Gasteiger partial charge is 0.411 e. The number of amides is 8. The number of nitrogens with zero attached hydrogens (tertiary/aromatic N) is 4. The summed E-state index contributed by atoms with van der Waals surface area (Å²) in [6, 6.07) is 14.3. The first-order valence-corrected chi connectivity index (χ1v) is 34.6. The maximum atomic E-state index is 16.1. The highest BCUT2D eigenvalue weighted by Gasteiger charge is 2.74. The molecule has 0 aromatic heterocycles. The molecular formula is C81H62F15N5O14. The van der Waals surface area contributed by atoms with Crippen molar-refractivity contribution >= 4 is 81.9 Å². The van der Waals surface area contributed by atoms with Crippen LogP contribution in [0.15, 0.2) is 146 Å². The van der Waals surface area contributed by atoms with Crippen LogP contribution < -0.4 is 20.0 Å². The number of rotatable bonds is 17. The van der Waals surface area contributed by atoms with Crippen molar-refractivity contribution in [1.82, 2.24) is 4.90 Å². The van der Waals surface area contributed by atoms with Crippen molar-refractivity contribution in [2.24, 2.45) is 0 Å². The number of ether oxygens (including phenoxy) is 2. The predicted molar refractivity (Wildman–Crippen MR) is 380 cm³/mol. The SMILES string of the molecule is CNc1cc(C(=O)OCCCCOC(=O)c2cc(C(C)(C)C)cc(C(C)(C)C)c2)cc(N2C(=O)c3ccc(C(c4ccc5c(c4)C(=O)N(c4cc(C(C)(c6ccc(O)c(N7C(=O)c8ccc(C(c9ccc%10c(c9)C(=O)N(C)C%10=O)(C(F)(F)F)C(F)(F)F)cc8C7=O)c6)C(F)(F)F)ccc4O)C5=O)(C(F)(F)F)C(F)(F)F)cc3C2=O)c1. The topological polar surface area (TPSA) is 255 Å². The number of imide groups is 4. The Morgan fingerprint density at radius 1 is 0.348 bits per heavy atom. The molecule has 8 aromatic rings. The number of aromatic hydroxyl groups is 2. The molecule has 600 valence electrons. The molecule has 115 heavy (non-hydrogen) atoms. The Morgan fingerprint density at radius 3 is 0.991 bits per heavy atom. The number of hydrogen-bond donors (Lipinski definition) is 3. The number of esters is 2. The number of phenols is 2. The van der Waals surface area contributed by atoms with Gasteiger partial charge in [0, 0.05) is 19.8 Å². The lowest BCUT2D eigenvalue weighted by Gasteiger charge is -2.38. The van der Waals surface area contributed by atoms with Gasteiger partial charge in [0.05, 0.1) is 85.9 Å². The maximum absolute atomic E-state index is 16.1. The van der Waals surface area contributed by atoms with Gasteiger partial charge in [-0.15, -0.1) is 0 Å². The fourth-order valence-corrected chi connectivity index (χ4v) is 14.5. The van der Waals surface area contributed by atoms with Gasteiger partial charge in [-0.3, -0.25) is 43.3 Å². The third kappa shape index (κ3) is 13.1. The molecule has 34 heteroatoms. The number of unbranched alkanes of at least 4 members (excludes halogenated alkanes) is 1. The van der Waals surface area contributed by atoms with Gasteiger partial charge in [0.1, 0.15) is 16.9 Å². The molecule has 4 heterocycles. The number of carbonyl (C=O) groups is 10. The van der Waals surface area contributed by atoms with Crippen molar-refractivity contribution in [3.63, 3.8) is 0 Å². The average molecular weight is 1610 g/mol. The van der Waals surface area contributed by atoms with Crippen molar-refractivity contribution < 1.29 is 133 Å². The number of benzene rings is 8. The zero-order valence-corrected chi connectivity index (χ0v) is 61.4. The third-order valence-electron chi connectivity index (χ3n) is 20.9. The number of carbonyl (C=O) groups excluding carboxylic acids is 10. The summed E-state index contributed by atoms with van der Waals surface area (Å²) in [4.78, 5) is 139. The first kappa shape index (κ1) is 82.1. The molecule has 8 aromatic carbocycles. The lowest BCUT2D eigenvalue weighted by atomic mass is 9.71. The van der Waals surface area contributed by atoms with Crippen LogP contribution in [0.3, 0.4) is 0 Å². The van der Waals surface area contributed by atoms with Crippen molar-refractivity contribution in [2.45, 2.75) is 119 Å². The molecule has 4 aliphatic heterocycles. The fourth-order valence-electron chi connectivity index (χ4n) is 14.5. The van der Waals surface area contributed by atoms with Crippen LogP contribution in [0.5, 0.6) is 11.5 Å². The Hall–Kier alpha value is -12.4. The van der Waals surface area contributed by atoms with E-state index in [-0.39, 0.29) is 106 Å². The summed E-state index contributed by atoms with van der Waals surface area (Å²) in [6.07, 6.45) is -31.2. The van der Waals surface area contributed by atoms with Crippen molar-refractivity contribution in [3.05, 3.63) is 246 Å². The summed E-state index contributed by atoms with van der Waals surface area (Å²) in [5.41, 5.74) is -32.7. The molecule has 0 fully saturated rings. The second kappa shape index (κ2) is 27.7. The molecule has 0 aliphatic carbocycles. The molecule has 8 amide bonds. The Kier molecular flexibility index (Phi) is 19.8. The number of phenolic OH excluding ortho intramolecular Hbond substituents is 2. The van der Waals surface area contributed by atoms with E-state index in [1.807, 2.05) is 47.6 Å². The van der Waals surface area contributed by atoms with Gasteiger partial charge in [-0.2, -0.15) is 65.9 Å². The molecule has 1 unspecified atom stereocenters. The van der Waals surface area contributed by atoms with Crippen molar-refractivity contribution in [1.29, 1.82) is 0 Å². The molecule has 1 atom stereocenters. The van der Waals surface area contributed by atoms with Crippen LogP contribution in [-0.4, -0.2) is 132 Å². The van der Waals surface area contributed by atoms with E-state index in [0.717, 1.165) is 30.3 Å². The molecule has 4 aliphatic rings. The Bertz CT molecular complexity index is 5500. The van der Waals surface area contributed by atoms with Crippen molar-refractivity contribution in [3.8, 4) is 11.5 Å². The van der Waals surface area contributed by atoms with Gasteiger partial charge in [-0.05, 0) is 178 Å². The minimum absolute atomic E-state index is 0.0101. The van der Waals surface area contributed by atoms with E-state index in [1.54, 1.807) is 12.1 Å². The highest BCUT2D eigenvalue weighted by Crippen LogP contribution is 2.60. The molecule has 19 nitrogen and oxygen atoms in total. The van der Waals surface area contributed by atoms with Crippen LogP contribution in [0, 0.1) is 0 Å². The normalized spacial score (nSPS) is 15.5. The van der Waals surface area contributed by atoms with Gasteiger partial charge >= 0.3 is 42.8 Å². The average Bonchev–Trinajstić information content (AvgIpc) is 1.68. The number of nitrogens with one attached hydrogen (secondary N) is 1. The monoisotopic (exact) mass is 1610 g/mol. The summed E-state index contributed by atoms with van der Waals surface area (Å²) in [6.45, 7) is 12.0. The Morgan fingerprint density at radius 2 is 0.652 bits per heavy atom. The van der Waals surface area contributed by atoms with Crippen molar-refractivity contribution in [2.75, 3.05) is 47.3 Å². The molecule has 0 spiro atoms. The molecular weight excluding hydrogens is 1550 g/mol. The zero-order chi connectivity index (χ0) is 84.9. The van der Waals surface area contributed by atoms with E-state index in [9.17, 15) is 58.2 Å². The third-order valence-corrected chi connectivity index (χ3v) is 20.9. The summed E-state index contributed by atoms with van der Waals surface area (Å²) in [5.74, 6) is -16.2. The lowest BCUT2D eigenvalue weighted by Crippen LogP contribution is -2.55. The van der Waals surface area contributed by atoms with Gasteiger partial charge in [0.15, 0.2) is 0 Å². The first-order chi connectivity index (χ1) is 53.2. The summed E-state index contributed by atoms with van der Waals surface area (Å²) in [5, 5.41) is 25.2. The second-order valence-corrected chi connectivity index (χ2v) is 29.9. The summed E-state index contributed by atoms with van der Waals surface area (Å²) < 4.78 is 248. The van der Waals surface area contributed by atoms with Crippen LogP contribution in [0.25, 0.3) is 0 Å². The van der Waals surface area contributed by atoms with Crippen LogP contribution in [0.2, 0.25) is 0 Å². The van der Waals surface area contributed by atoms with Gasteiger partial charge in [-0.1, -0.05) is 84.0 Å². The predicted octanol–water partition coefficient (Wildman–Crippen LogP) is 16.8. The molecule has 0 bridgehead atoms. The number of anilines is 4. The van der Waals surface area contributed by atoms with Gasteiger partial charge in [0.2, 0.25) is 10.8 Å². The highest BCUT2D eigenvalue weighted by atomic mass is 19.4. The van der Waals surface area contributed by atoms with E-state index >= 15 is 65.9 Å². The molecule has 0 saturated heterocycles. The summed E-state index contributed by atoms with van der Waals surface area (Å²) >= 11 is 0. The van der Waals surface area contributed by atoms with Gasteiger partial charge < -0.3 is 25.0 Å². The van der Waals surface area contributed by atoms with E-state index in [2.05, 4.69) is 5.32 Å². The number of hydrogen-bond acceptors (Lipinski definition) is 15. The number of alkyl halides is 15. The lowest BCUT2D eigenvalue weighted by molar-refractivity contribution is -0.290. The fraction of sp³-hybridized carbons (Fsp3) is 0.284. The van der Waals surface area contributed by atoms with Crippen LogP contribution in [0.1, 0.15) is 209 Å². The molecule has 0 radical (unpaired) electrons. The van der Waals surface area contributed by atoms with Gasteiger partial charge in [-0.25, -0.2) is 24.3 Å². The summed E-state index contributed by atoms with van der Waals surface area (Å²) in [7, 11) is 2.26. The maximum Gasteiger partial charge on any atom is 0.411 e. The van der Waals surface area contributed by atoms with Crippen LogP contribution in [0.4, 0.5) is 88.6 Å². The first-order valence-electron chi connectivity index (χ1n) is 34.6. The van der Waals surface area contributed by atoms with E-state index < -0.39 is 213 Å². The minimum atomic E-state index is -6.54. The standard InChI is InChI=1S/C81H62F15N5O14/c1-72(2,3)46-26-38(27-47(30-46)73(4,5)6)70(112)114-24-10-11-25-115-71(113)39-28-48(97-8)37-49(29-39)99-64(106)51-19-13-43(32-55(51)67(99)109)76(80(91,92)93,81(94,95)96)45-15-21-53-57(34-45)69(111)101(66(53)108)59-36-41(17-23-61(59)103)74(7,77(82,83)84)40-16-22-60(102)58(35-40)100-65(107)52-20-14-44(33-56(52)68(100)110)75(78(85,86)87,79(88,89)90)42-12-18-50-54(31-42)63(105)98(9)62(50)104/h12-23,26-37,97,102-103H,10-11,24-25H2,1-9H3. The van der Waals surface area contributed by atoms with Crippen LogP contribution in [-0.2, 0) is 36.5 Å².